The summed E-state index contributed by atoms with van der Waals surface area (Å²) in [7, 11) is 1.56. The van der Waals surface area contributed by atoms with Gasteiger partial charge in [-0.3, -0.25) is 14.4 Å². The van der Waals surface area contributed by atoms with Crippen LogP contribution in [0.4, 0.5) is 0 Å². The number of carbonyl (C=O) groups is 3. The van der Waals surface area contributed by atoms with E-state index in [1.165, 1.54) is 0 Å². The van der Waals surface area contributed by atoms with Crippen molar-refractivity contribution in [2.24, 2.45) is 0 Å². The molecule has 5 rings (SSSR count). The Morgan fingerprint density at radius 2 is 1.46 bits per heavy atom. The monoisotopic (exact) mass is 521 g/mol. The number of likely N-dealkylation sites (tertiary alicyclic amines) is 1. The number of hydrogen-bond acceptors (Lipinski definition) is 4. The molecule has 1 fully saturated rings. The second-order valence-corrected chi connectivity index (χ2v) is 9.52. The van der Waals surface area contributed by atoms with E-state index in [1.54, 1.807) is 22.7 Å². The molecule has 0 saturated carbocycles. The molecule has 1 N–H and O–H groups in total. The van der Waals surface area contributed by atoms with Crippen LogP contribution in [0.25, 0.3) is 16.9 Å². The predicted molar refractivity (Wildman–Crippen MR) is 149 cm³/mol. The van der Waals surface area contributed by atoms with Crippen LogP contribution in [0, 0.1) is 0 Å². The Morgan fingerprint density at radius 1 is 0.872 bits per heavy atom. The number of carbonyl (C=O) groups excluding carboxylic acids is 3. The molecule has 0 atom stereocenters. The maximum atomic E-state index is 14.0. The molecule has 1 aliphatic heterocycles. The molecule has 8 heteroatoms. The van der Waals surface area contributed by atoms with Crippen molar-refractivity contribution in [1.82, 2.24) is 24.9 Å². The van der Waals surface area contributed by atoms with Crippen molar-refractivity contribution in [3.05, 3.63) is 108 Å². The number of likely N-dealkylation sites (N-methyl/N-ethyl adjacent to an activating group) is 1. The summed E-state index contributed by atoms with van der Waals surface area (Å²) in [5, 5.41) is 7.35. The molecule has 3 amide bonds. The van der Waals surface area contributed by atoms with E-state index in [4.69, 9.17) is 5.10 Å². The molecule has 39 heavy (non-hydrogen) atoms. The molecule has 1 aromatic heterocycles. The summed E-state index contributed by atoms with van der Waals surface area (Å²) >= 11 is 0. The lowest BCUT2D eigenvalue weighted by molar-refractivity contribution is -0.121. The highest BCUT2D eigenvalue weighted by Crippen LogP contribution is 2.26. The third-order valence-electron chi connectivity index (χ3n) is 7.07. The molecule has 1 saturated heterocycles. The minimum Gasteiger partial charge on any atom is -0.358 e. The topological polar surface area (TPSA) is 87.5 Å². The zero-order chi connectivity index (χ0) is 27.2. The van der Waals surface area contributed by atoms with Crippen LogP contribution in [-0.4, -0.2) is 70.0 Å². The second-order valence-electron chi connectivity index (χ2n) is 9.52. The molecule has 4 aromatic rings. The highest BCUT2D eigenvalue weighted by molar-refractivity contribution is 5.96. The average molecular weight is 522 g/mol. The number of para-hydroxylation sites is 1. The Morgan fingerprint density at radius 3 is 2.08 bits per heavy atom. The highest BCUT2D eigenvalue weighted by atomic mass is 16.2. The molecule has 2 heterocycles. The third kappa shape index (κ3) is 5.75. The Hall–Kier alpha value is -4.72. The van der Waals surface area contributed by atoms with Crippen LogP contribution in [0.3, 0.4) is 0 Å². The average Bonchev–Trinajstić information content (AvgIpc) is 3.46. The van der Waals surface area contributed by atoms with Crippen molar-refractivity contribution in [3.8, 4) is 16.9 Å². The number of hydrogen-bond donors (Lipinski definition) is 1. The molecular weight excluding hydrogens is 490 g/mol. The number of nitrogens with zero attached hydrogens (tertiary/aromatic N) is 4. The summed E-state index contributed by atoms with van der Waals surface area (Å²) in [6.07, 6.45) is 1.15. The van der Waals surface area contributed by atoms with Gasteiger partial charge in [-0.25, -0.2) is 4.68 Å². The SMILES string of the molecule is CNC(=O)CN(C(=O)c1cc(-c2ccccc2)n(-c2ccccc2)n1)C1CCN(C(=O)c2ccccc2)CC1. The molecule has 0 spiro atoms. The third-order valence-corrected chi connectivity index (χ3v) is 7.07. The molecule has 8 nitrogen and oxygen atoms in total. The van der Waals surface area contributed by atoms with Gasteiger partial charge in [-0.1, -0.05) is 66.7 Å². The first-order valence-corrected chi connectivity index (χ1v) is 13.1. The first kappa shape index (κ1) is 25.9. The maximum absolute atomic E-state index is 14.0. The van der Waals surface area contributed by atoms with Crippen molar-refractivity contribution in [2.75, 3.05) is 26.7 Å². The Kier molecular flexibility index (Phi) is 7.82. The van der Waals surface area contributed by atoms with Gasteiger partial charge in [0.25, 0.3) is 11.8 Å². The first-order chi connectivity index (χ1) is 19.0. The van der Waals surface area contributed by atoms with Gasteiger partial charge in [-0.05, 0) is 43.2 Å². The Balaban J connectivity index is 1.41. The van der Waals surface area contributed by atoms with E-state index in [1.807, 2.05) is 95.9 Å². The van der Waals surface area contributed by atoms with Crippen molar-refractivity contribution in [2.45, 2.75) is 18.9 Å². The van der Waals surface area contributed by atoms with Crippen molar-refractivity contribution < 1.29 is 14.4 Å². The fraction of sp³-hybridized carbons (Fsp3) is 0.226. The second kappa shape index (κ2) is 11.8. The van der Waals surface area contributed by atoms with Crippen LogP contribution < -0.4 is 5.32 Å². The van der Waals surface area contributed by atoms with Gasteiger partial charge in [0.1, 0.15) is 6.54 Å². The van der Waals surface area contributed by atoms with Gasteiger partial charge >= 0.3 is 0 Å². The summed E-state index contributed by atoms with van der Waals surface area (Å²) in [5.74, 6) is -0.581. The maximum Gasteiger partial charge on any atom is 0.275 e. The number of nitrogens with one attached hydrogen (secondary N) is 1. The highest BCUT2D eigenvalue weighted by Gasteiger charge is 2.33. The summed E-state index contributed by atoms with van der Waals surface area (Å²) < 4.78 is 1.77. The van der Waals surface area contributed by atoms with E-state index in [2.05, 4.69) is 5.32 Å². The Labute approximate surface area is 227 Å². The van der Waals surface area contributed by atoms with Gasteiger partial charge in [0.05, 0.1) is 11.4 Å². The van der Waals surface area contributed by atoms with E-state index in [0.717, 1.165) is 16.9 Å². The first-order valence-electron chi connectivity index (χ1n) is 13.1. The minimum atomic E-state index is -0.307. The van der Waals surface area contributed by atoms with Crippen LogP contribution in [0.5, 0.6) is 0 Å². The molecule has 0 aliphatic carbocycles. The van der Waals surface area contributed by atoms with Gasteiger partial charge in [-0.15, -0.1) is 0 Å². The summed E-state index contributed by atoms with van der Waals surface area (Å²) in [6, 6.07) is 30.2. The number of benzene rings is 3. The number of piperidine rings is 1. The molecule has 0 bridgehead atoms. The standard InChI is InChI=1S/C31H31N5O3/c1-32-29(37)22-35(25-17-19-34(20-18-25)30(38)24-13-7-3-8-14-24)31(39)27-21-28(23-11-5-2-6-12-23)36(33-27)26-15-9-4-10-16-26/h2-16,21,25H,17-20,22H2,1H3,(H,32,37). The molecule has 1 aliphatic rings. The van der Waals surface area contributed by atoms with E-state index < -0.39 is 0 Å². The molecule has 3 aromatic carbocycles. The van der Waals surface area contributed by atoms with Gasteiger partial charge in [-0.2, -0.15) is 5.10 Å². The normalized spacial score (nSPS) is 13.6. The van der Waals surface area contributed by atoms with Gasteiger partial charge in [0.2, 0.25) is 5.91 Å². The number of rotatable bonds is 7. The fourth-order valence-electron chi connectivity index (χ4n) is 4.96. The van der Waals surface area contributed by atoms with Crippen LogP contribution >= 0.6 is 0 Å². The number of amides is 3. The summed E-state index contributed by atoms with van der Waals surface area (Å²) in [5.41, 5.74) is 3.46. The largest absolute Gasteiger partial charge is 0.358 e. The zero-order valence-corrected chi connectivity index (χ0v) is 21.9. The fourth-order valence-corrected chi connectivity index (χ4v) is 4.96. The van der Waals surface area contributed by atoms with E-state index in [-0.39, 0.29) is 36.0 Å². The van der Waals surface area contributed by atoms with Crippen LogP contribution in [0.1, 0.15) is 33.7 Å². The van der Waals surface area contributed by atoms with Crippen LogP contribution in [-0.2, 0) is 4.79 Å². The summed E-state index contributed by atoms with van der Waals surface area (Å²) in [6.45, 7) is 0.929. The van der Waals surface area contributed by atoms with Crippen LogP contribution in [0.2, 0.25) is 0 Å². The quantitative estimate of drug-likeness (QED) is 0.398. The van der Waals surface area contributed by atoms with Gasteiger partial charge in [0, 0.05) is 37.3 Å². The van der Waals surface area contributed by atoms with Crippen molar-refractivity contribution in [3.63, 3.8) is 0 Å². The molecule has 0 unspecified atom stereocenters. The molecule has 0 radical (unpaired) electrons. The summed E-state index contributed by atoms with van der Waals surface area (Å²) in [4.78, 5) is 42.8. The molecule has 198 valence electrons. The lowest BCUT2D eigenvalue weighted by atomic mass is 10.0. The van der Waals surface area contributed by atoms with Crippen molar-refractivity contribution >= 4 is 17.7 Å². The Bertz CT molecular complexity index is 1370. The minimum absolute atomic E-state index is 0.0210. The van der Waals surface area contributed by atoms with E-state index in [0.29, 0.717) is 31.5 Å². The number of aromatic nitrogens is 2. The van der Waals surface area contributed by atoms with Crippen LogP contribution in [0.15, 0.2) is 97.1 Å². The molecular formula is C31H31N5O3. The zero-order valence-electron chi connectivity index (χ0n) is 21.9. The van der Waals surface area contributed by atoms with Gasteiger partial charge < -0.3 is 15.1 Å². The lowest BCUT2D eigenvalue weighted by Crippen LogP contribution is -2.51. The van der Waals surface area contributed by atoms with E-state index >= 15 is 0 Å². The smallest absolute Gasteiger partial charge is 0.275 e. The predicted octanol–water partition coefficient (Wildman–Crippen LogP) is 4.03. The van der Waals surface area contributed by atoms with E-state index in [9.17, 15) is 14.4 Å². The van der Waals surface area contributed by atoms with Crippen molar-refractivity contribution in [1.29, 1.82) is 0 Å². The van der Waals surface area contributed by atoms with Gasteiger partial charge in [0.15, 0.2) is 5.69 Å². The lowest BCUT2D eigenvalue weighted by Gasteiger charge is -2.38.